The molecule has 9 heteroatoms. The molecule has 0 unspecified atom stereocenters. The van der Waals surface area contributed by atoms with Crippen LogP contribution in [0.4, 0.5) is 0 Å². The average molecular weight is 786 g/mol. The summed E-state index contributed by atoms with van der Waals surface area (Å²) in [7, 11) is -3.87. The summed E-state index contributed by atoms with van der Waals surface area (Å²) in [6.07, 6.45) is 9.30. The molecule has 7 atom stereocenters. The van der Waals surface area contributed by atoms with E-state index in [0.717, 1.165) is 46.9 Å². The summed E-state index contributed by atoms with van der Waals surface area (Å²) in [5.74, 6) is 1.21. The lowest BCUT2D eigenvalue weighted by molar-refractivity contribution is -0.114. The number of allylic oxidation sites excluding steroid dienone is 2. The third-order valence-corrected chi connectivity index (χ3v) is 18.8. The molecule has 288 valence electrons. The van der Waals surface area contributed by atoms with E-state index in [1.807, 2.05) is 41.8 Å². The second-order valence-electron chi connectivity index (χ2n) is 17.9. The Morgan fingerprint density at radius 3 is 2.54 bits per heavy atom. The minimum absolute atomic E-state index is 0.0277. The average Bonchev–Trinajstić information content (AvgIpc) is 3.90. The highest BCUT2D eigenvalue weighted by atomic mass is 32.2. The molecule has 4 aromatic rings. The molecular formula is C45H55NO5S3. The molecule has 0 saturated heterocycles. The van der Waals surface area contributed by atoms with Gasteiger partial charge >= 0.3 is 0 Å². The van der Waals surface area contributed by atoms with Crippen LogP contribution in [0.1, 0.15) is 118 Å². The van der Waals surface area contributed by atoms with Crippen LogP contribution in [0.3, 0.4) is 0 Å². The Bertz CT molecular complexity index is 2130. The number of hydrogen-bond acceptors (Lipinski definition) is 7. The van der Waals surface area contributed by atoms with Gasteiger partial charge in [0.05, 0.1) is 16.6 Å². The molecule has 54 heavy (non-hydrogen) atoms. The normalized spacial score (nSPS) is 31.2. The summed E-state index contributed by atoms with van der Waals surface area (Å²) in [5, 5.41) is 27.2. The van der Waals surface area contributed by atoms with Gasteiger partial charge < -0.3 is 10.2 Å². The lowest BCUT2D eigenvalue weighted by atomic mass is 9.45. The summed E-state index contributed by atoms with van der Waals surface area (Å²) in [4.78, 5) is 15.4. The van der Waals surface area contributed by atoms with Crippen molar-refractivity contribution >= 4 is 48.6 Å². The first-order valence-corrected chi connectivity index (χ1v) is 23.1. The van der Waals surface area contributed by atoms with E-state index in [1.54, 1.807) is 16.4 Å². The van der Waals surface area contributed by atoms with Crippen molar-refractivity contribution in [2.75, 3.05) is 13.1 Å². The minimum atomic E-state index is -3.87. The Kier molecular flexibility index (Phi) is 10.2. The maximum Gasteiger partial charge on any atom is 0.252 e. The Morgan fingerprint density at radius 2 is 1.80 bits per heavy atom. The standard InChI is InChI=1S/C45H55NO5S3/c1-29-9-7-20-44(4)37(35-18-14-30(23-34(47)17-13-29)24-36(35)42(48)40-25-31-10-5-6-11-39(31)53-40)19-21-45(44,49)28-46(54(50,51)41-12-8-22-52-41)27-32-15-16-33-26-38(32)43(33,2)3/h5-6,8-12,14,18,22,24-25,32-34,37-38,47,49H,7,13,15-17,19-21,23,26-28H2,1-4H3/t32-,33-,34-,37-,38-,44-,45+/m0/s1. The number of hydrogen-bond donors (Lipinski definition) is 2. The molecule has 2 N–H and O–H groups in total. The van der Waals surface area contributed by atoms with Crippen LogP contribution in [-0.2, 0) is 16.4 Å². The van der Waals surface area contributed by atoms with E-state index in [9.17, 15) is 23.4 Å². The van der Waals surface area contributed by atoms with Crippen molar-refractivity contribution in [3.05, 3.63) is 99.3 Å². The van der Waals surface area contributed by atoms with Gasteiger partial charge in [0.2, 0.25) is 5.78 Å². The lowest BCUT2D eigenvalue weighted by Crippen LogP contribution is -2.58. The highest BCUT2D eigenvalue weighted by Gasteiger charge is 2.59. The minimum Gasteiger partial charge on any atom is -0.393 e. The van der Waals surface area contributed by atoms with Crippen molar-refractivity contribution in [2.45, 2.75) is 114 Å². The number of sulfonamides is 1. The third-order valence-electron chi connectivity index (χ3n) is 14.5. The summed E-state index contributed by atoms with van der Waals surface area (Å²) < 4.78 is 32.3. The summed E-state index contributed by atoms with van der Waals surface area (Å²) in [6.45, 7) is 9.40. The molecule has 0 spiro atoms. The van der Waals surface area contributed by atoms with Crippen molar-refractivity contribution < 1.29 is 23.4 Å². The van der Waals surface area contributed by atoms with E-state index in [-0.39, 0.29) is 29.6 Å². The number of nitrogens with zero attached hydrogens (tertiary/aromatic N) is 1. The Labute approximate surface area is 329 Å². The molecule has 2 heterocycles. The van der Waals surface area contributed by atoms with Gasteiger partial charge in [-0.25, -0.2) is 8.42 Å². The molecule has 6 nitrogen and oxygen atoms in total. The van der Waals surface area contributed by atoms with Crippen LogP contribution in [-0.4, -0.2) is 53.5 Å². The number of carbonyl (C=O) groups is 1. The van der Waals surface area contributed by atoms with E-state index in [0.29, 0.717) is 71.6 Å². The van der Waals surface area contributed by atoms with Crippen molar-refractivity contribution in [3.8, 4) is 0 Å². The fourth-order valence-electron chi connectivity index (χ4n) is 10.9. The largest absolute Gasteiger partial charge is 0.393 e. The summed E-state index contributed by atoms with van der Waals surface area (Å²) in [6, 6.07) is 19.6. The first-order chi connectivity index (χ1) is 25.7. The van der Waals surface area contributed by atoms with Gasteiger partial charge in [0.25, 0.3) is 10.0 Å². The van der Waals surface area contributed by atoms with Crippen molar-refractivity contribution in [3.63, 3.8) is 0 Å². The van der Waals surface area contributed by atoms with E-state index < -0.39 is 27.1 Å². The molecule has 4 saturated carbocycles. The fourth-order valence-corrected chi connectivity index (χ4v) is 14.7. The van der Waals surface area contributed by atoms with E-state index in [1.165, 1.54) is 28.2 Å². The highest BCUT2D eigenvalue weighted by Crippen LogP contribution is 2.62. The second kappa shape index (κ2) is 14.4. The molecule has 0 radical (unpaired) electrons. The number of fused-ring (bicyclic) bond motifs is 11. The first-order valence-electron chi connectivity index (χ1n) is 20.0. The zero-order chi connectivity index (χ0) is 38.0. The number of aliphatic hydroxyl groups is 2. The lowest BCUT2D eigenvalue weighted by Gasteiger charge is -2.60. The Morgan fingerprint density at radius 1 is 0.981 bits per heavy atom. The smallest absolute Gasteiger partial charge is 0.252 e. The van der Waals surface area contributed by atoms with Gasteiger partial charge in [-0.15, -0.1) is 22.7 Å². The third kappa shape index (κ3) is 6.68. The van der Waals surface area contributed by atoms with Crippen LogP contribution >= 0.6 is 22.7 Å². The van der Waals surface area contributed by atoms with Gasteiger partial charge in [0.15, 0.2) is 0 Å². The predicted molar refractivity (Wildman–Crippen MR) is 220 cm³/mol. The molecule has 2 aromatic carbocycles. The number of aliphatic hydroxyl groups excluding tert-OH is 1. The van der Waals surface area contributed by atoms with E-state index in [4.69, 9.17) is 0 Å². The Hall–Kier alpha value is -2.66. The molecule has 4 fully saturated rings. The zero-order valence-corrected chi connectivity index (χ0v) is 34.5. The number of ketones is 1. The predicted octanol–water partition coefficient (Wildman–Crippen LogP) is 10.00. The number of rotatable bonds is 8. The van der Waals surface area contributed by atoms with Crippen molar-refractivity contribution in [1.29, 1.82) is 0 Å². The van der Waals surface area contributed by atoms with Gasteiger partial charge in [-0.05, 0) is 146 Å². The summed E-state index contributed by atoms with van der Waals surface area (Å²) in [5.41, 5.74) is 1.81. The topological polar surface area (TPSA) is 94.9 Å². The molecule has 0 aliphatic heterocycles. The van der Waals surface area contributed by atoms with Crippen LogP contribution in [0.25, 0.3) is 10.1 Å². The monoisotopic (exact) mass is 785 g/mol. The number of carbonyl (C=O) groups excluding carboxylic acids is 1. The van der Waals surface area contributed by atoms with Gasteiger partial charge in [-0.2, -0.15) is 4.31 Å². The molecule has 0 amide bonds. The van der Waals surface area contributed by atoms with Crippen LogP contribution in [0.5, 0.6) is 0 Å². The second-order valence-corrected chi connectivity index (χ2v) is 22.0. The SMILES string of the molecule is CC1=CCC[C@@]2(C)[C@@H](CC[C@@]2(O)CN(C[C@@H]2CC[C@H]3C[C@@H]2C3(C)C)S(=O)(=O)c2cccs2)c2ccc(cc2C(=O)c2cc3ccccc3s2)C[C@@H](O)CC1. The maximum atomic E-state index is 14.7. The van der Waals surface area contributed by atoms with Gasteiger partial charge in [-0.1, -0.05) is 68.8 Å². The van der Waals surface area contributed by atoms with Gasteiger partial charge in [-0.3, -0.25) is 4.79 Å². The van der Waals surface area contributed by atoms with Crippen LogP contribution < -0.4 is 0 Å². The van der Waals surface area contributed by atoms with Crippen molar-refractivity contribution in [1.82, 2.24) is 4.31 Å². The number of thiophene rings is 2. The molecule has 6 aliphatic rings. The van der Waals surface area contributed by atoms with Crippen molar-refractivity contribution in [2.24, 2.45) is 28.6 Å². The fraction of sp³-hybridized carbons (Fsp3) is 0.533. The quantitative estimate of drug-likeness (QED) is 0.137. The van der Waals surface area contributed by atoms with Gasteiger partial charge in [0, 0.05) is 28.8 Å². The van der Waals surface area contributed by atoms with Crippen LogP contribution in [0, 0.1) is 28.6 Å². The summed E-state index contributed by atoms with van der Waals surface area (Å²) >= 11 is 2.74. The molecular weight excluding hydrogens is 731 g/mol. The van der Waals surface area contributed by atoms with E-state index >= 15 is 0 Å². The van der Waals surface area contributed by atoms with Crippen LogP contribution in [0.2, 0.25) is 0 Å². The molecule has 6 aliphatic carbocycles. The van der Waals surface area contributed by atoms with Crippen LogP contribution in [0.15, 0.2) is 81.9 Å². The molecule has 10 rings (SSSR count). The Balaban J connectivity index is 1.21. The van der Waals surface area contributed by atoms with E-state index in [2.05, 4.69) is 45.9 Å². The first kappa shape index (κ1) is 38.2. The maximum absolute atomic E-state index is 14.7. The zero-order valence-electron chi connectivity index (χ0n) is 32.1. The molecule has 2 aromatic heterocycles. The number of benzene rings is 2. The van der Waals surface area contributed by atoms with Gasteiger partial charge in [0.1, 0.15) is 4.21 Å². The molecule has 4 bridgehead atoms. The highest BCUT2D eigenvalue weighted by molar-refractivity contribution is 7.91.